The van der Waals surface area contributed by atoms with Crippen LogP contribution >= 0.6 is 11.8 Å². The number of hydrogen-bond acceptors (Lipinski definition) is 7. The van der Waals surface area contributed by atoms with Gasteiger partial charge in [-0.3, -0.25) is 9.69 Å². The average molecular weight is 487 g/mol. The maximum Gasteiger partial charge on any atom is 0.283 e. The monoisotopic (exact) mass is 486 g/mol. The summed E-state index contributed by atoms with van der Waals surface area (Å²) in [5, 5.41) is 4.49. The van der Waals surface area contributed by atoms with E-state index in [1.165, 1.54) is 28.8 Å². The van der Waals surface area contributed by atoms with Crippen LogP contribution in [0.1, 0.15) is 11.5 Å². The molecule has 0 aliphatic carbocycles. The number of hydrogen-bond donors (Lipinski definition) is 0. The molecule has 5 rings (SSSR count). The van der Waals surface area contributed by atoms with Crippen molar-refractivity contribution in [3.8, 4) is 17.1 Å². The van der Waals surface area contributed by atoms with E-state index in [-0.39, 0.29) is 17.4 Å². The summed E-state index contributed by atoms with van der Waals surface area (Å²) >= 11 is 1.28. The third-order valence-corrected chi connectivity index (χ3v) is 6.06. The molecule has 1 aromatic heterocycles. The number of rotatable bonds is 6. The Hall–Kier alpha value is -4.24. The fourth-order valence-electron chi connectivity index (χ4n) is 3.44. The van der Waals surface area contributed by atoms with Gasteiger partial charge >= 0.3 is 0 Å². The van der Waals surface area contributed by atoms with Gasteiger partial charge in [0.2, 0.25) is 11.7 Å². The number of amidine groups is 1. The van der Waals surface area contributed by atoms with Gasteiger partial charge in [-0.15, -0.1) is 0 Å². The molecule has 0 bridgehead atoms. The highest BCUT2D eigenvalue weighted by Gasteiger charge is 2.32. The maximum absolute atomic E-state index is 13.5. The Bertz CT molecular complexity index is 1420. The summed E-state index contributed by atoms with van der Waals surface area (Å²) in [6.45, 7) is 0. The van der Waals surface area contributed by atoms with Gasteiger partial charge in [-0.05, 0) is 48.0 Å². The van der Waals surface area contributed by atoms with Crippen molar-refractivity contribution in [1.29, 1.82) is 0 Å². The van der Waals surface area contributed by atoms with E-state index in [2.05, 4.69) is 15.1 Å². The predicted molar refractivity (Wildman–Crippen MR) is 133 cm³/mol. The van der Waals surface area contributed by atoms with Crippen LogP contribution in [0.2, 0.25) is 0 Å². The number of thioether (sulfide) groups is 1. The number of aromatic nitrogens is 2. The zero-order chi connectivity index (χ0) is 24.2. The van der Waals surface area contributed by atoms with Crippen LogP contribution in [0, 0.1) is 5.82 Å². The van der Waals surface area contributed by atoms with Crippen LogP contribution < -0.4 is 9.64 Å². The molecular weight excluding hydrogens is 467 g/mol. The van der Waals surface area contributed by atoms with E-state index in [0.29, 0.717) is 34.1 Å². The minimum absolute atomic E-state index is 0.283. The van der Waals surface area contributed by atoms with Crippen LogP contribution in [-0.4, -0.2) is 28.3 Å². The summed E-state index contributed by atoms with van der Waals surface area (Å²) in [5.41, 5.74) is 2.41. The second kappa shape index (κ2) is 9.94. The Morgan fingerprint density at radius 1 is 1.06 bits per heavy atom. The van der Waals surface area contributed by atoms with Crippen molar-refractivity contribution >= 4 is 34.6 Å². The van der Waals surface area contributed by atoms with Crippen molar-refractivity contribution in [2.75, 3.05) is 12.0 Å². The molecule has 4 aromatic rings. The lowest BCUT2D eigenvalue weighted by Gasteiger charge is -2.17. The van der Waals surface area contributed by atoms with Crippen LogP contribution in [-0.2, 0) is 10.5 Å². The third-order valence-electron chi connectivity index (χ3n) is 5.14. The molecule has 0 atom stereocenters. The average Bonchev–Trinajstić information content (AvgIpc) is 3.49. The van der Waals surface area contributed by atoms with Gasteiger partial charge in [0.05, 0.1) is 18.6 Å². The molecular formula is C26H19FN4O3S. The highest BCUT2D eigenvalue weighted by Crippen LogP contribution is 2.31. The van der Waals surface area contributed by atoms with E-state index in [0.717, 1.165) is 11.1 Å². The van der Waals surface area contributed by atoms with Gasteiger partial charge in [-0.25, -0.2) is 9.38 Å². The molecule has 9 heteroatoms. The van der Waals surface area contributed by atoms with E-state index in [9.17, 15) is 9.18 Å². The summed E-state index contributed by atoms with van der Waals surface area (Å²) in [5.74, 6) is 1.11. The number of aliphatic imine (C=N–C) groups is 1. The van der Waals surface area contributed by atoms with Crippen molar-refractivity contribution < 1.29 is 18.4 Å². The van der Waals surface area contributed by atoms with Gasteiger partial charge in [-0.2, -0.15) is 4.98 Å². The first-order valence-corrected chi connectivity index (χ1v) is 11.6. The highest BCUT2D eigenvalue weighted by molar-refractivity contribution is 8.13. The summed E-state index contributed by atoms with van der Waals surface area (Å²) in [6.07, 6.45) is 1.72. The first kappa shape index (κ1) is 22.5. The summed E-state index contributed by atoms with van der Waals surface area (Å²) < 4.78 is 24.2. The number of halogens is 1. The SMILES string of the molecule is COc1cccc(-c2noc(CSC3=N/C(=C\c4ccccc4)C(=O)N3c3ccc(F)cc3)n2)c1. The Kier molecular flexibility index (Phi) is 6.40. The van der Waals surface area contributed by atoms with Crippen molar-refractivity contribution in [3.05, 3.63) is 102 Å². The molecule has 0 saturated heterocycles. The standard InChI is InChI=1S/C26H19FN4O3S/c1-33-21-9-5-8-18(15-21)24-29-23(34-30-24)16-35-26-28-22(14-17-6-3-2-4-7-17)25(32)31(26)20-12-10-19(27)11-13-20/h2-15H,16H2,1H3/b22-14-. The van der Waals surface area contributed by atoms with Crippen LogP contribution in [0.15, 0.2) is 94.1 Å². The van der Waals surface area contributed by atoms with Crippen molar-refractivity contribution in [2.45, 2.75) is 5.75 Å². The zero-order valence-electron chi connectivity index (χ0n) is 18.6. The number of amides is 1. The number of carbonyl (C=O) groups is 1. The smallest absolute Gasteiger partial charge is 0.283 e. The van der Waals surface area contributed by atoms with E-state index in [1.54, 1.807) is 25.3 Å². The molecule has 1 aliphatic heterocycles. The molecule has 0 fully saturated rings. The Labute approximate surface area is 205 Å². The zero-order valence-corrected chi connectivity index (χ0v) is 19.4. The minimum atomic E-state index is -0.387. The Morgan fingerprint density at radius 2 is 1.86 bits per heavy atom. The molecule has 1 amide bonds. The van der Waals surface area contributed by atoms with Crippen molar-refractivity contribution in [1.82, 2.24) is 10.1 Å². The lowest BCUT2D eigenvalue weighted by molar-refractivity contribution is -0.113. The molecule has 0 saturated carbocycles. The second-order valence-corrected chi connectivity index (χ2v) is 8.43. The fraction of sp³-hybridized carbons (Fsp3) is 0.0769. The molecule has 2 heterocycles. The summed E-state index contributed by atoms with van der Waals surface area (Å²) in [6, 6.07) is 22.5. The summed E-state index contributed by atoms with van der Waals surface area (Å²) in [4.78, 5) is 23.7. The predicted octanol–water partition coefficient (Wildman–Crippen LogP) is 5.56. The topological polar surface area (TPSA) is 80.8 Å². The van der Waals surface area contributed by atoms with Gasteiger partial charge in [0.1, 0.15) is 17.3 Å². The Morgan fingerprint density at radius 3 is 2.63 bits per heavy atom. The number of carbonyl (C=O) groups excluding carboxylic acids is 1. The van der Waals surface area contributed by atoms with E-state index < -0.39 is 0 Å². The Balaban J connectivity index is 1.40. The largest absolute Gasteiger partial charge is 0.497 e. The maximum atomic E-state index is 13.5. The quantitative estimate of drug-likeness (QED) is 0.332. The normalized spacial score (nSPS) is 14.5. The second-order valence-electron chi connectivity index (χ2n) is 7.48. The molecule has 7 nitrogen and oxygen atoms in total. The third kappa shape index (κ3) is 4.99. The minimum Gasteiger partial charge on any atom is -0.497 e. The number of benzene rings is 3. The van der Waals surface area contributed by atoms with Gasteiger partial charge in [0, 0.05) is 5.56 Å². The highest BCUT2D eigenvalue weighted by atomic mass is 32.2. The lowest BCUT2D eigenvalue weighted by atomic mass is 10.2. The molecule has 174 valence electrons. The molecule has 1 aliphatic rings. The van der Waals surface area contributed by atoms with Crippen LogP contribution in [0.25, 0.3) is 17.5 Å². The van der Waals surface area contributed by atoms with E-state index >= 15 is 0 Å². The summed E-state index contributed by atoms with van der Waals surface area (Å²) in [7, 11) is 1.59. The van der Waals surface area contributed by atoms with Crippen LogP contribution in [0.4, 0.5) is 10.1 Å². The van der Waals surface area contributed by atoms with E-state index in [4.69, 9.17) is 9.26 Å². The fourth-order valence-corrected chi connectivity index (χ4v) is 4.29. The number of ether oxygens (including phenoxy) is 1. The van der Waals surface area contributed by atoms with Gasteiger partial charge < -0.3 is 9.26 Å². The molecule has 0 unspecified atom stereocenters. The first-order chi connectivity index (χ1) is 17.1. The molecule has 0 radical (unpaired) electrons. The molecule has 0 spiro atoms. The van der Waals surface area contributed by atoms with Crippen molar-refractivity contribution in [3.63, 3.8) is 0 Å². The van der Waals surface area contributed by atoms with Gasteiger partial charge in [0.25, 0.3) is 5.91 Å². The van der Waals surface area contributed by atoms with Gasteiger partial charge in [0.15, 0.2) is 5.17 Å². The number of nitrogens with zero attached hydrogens (tertiary/aromatic N) is 4. The van der Waals surface area contributed by atoms with E-state index in [1.807, 2.05) is 54.6 Å². The molecule has 0 N–H and O–H groups in total. The first-order valence-electron chi connectivity index (χ1n) is 10.7. The molecule has 35 heavy (non-hydrogen) atoms. The lowest BCUT2D eigenvalue weighted by Crippen LogP contribution is -2.30. The van der Waals surface area contributed by atoms with Crippen LogP contribution in [0.5, 0.6) is 5.75 Å². The molecule has 3 aromatic carbocycles. The number of anilines is 1. The van der Waals surface area contributed by atoms with Crippen molar-refractivity contribution in [2.24, 2.45) is 4.99 Å². The number of methoxy groups -OCH3 is 1. The van der Waals surface area contributed by atoms with Crippen LogP contribution in [0.3, 0.4) is 0 Å². The van der Waals surface area contributed by atoms with Gasteiger partial charge in [-0.1, -0.05) is 59.4 Å².